The second-order valence-electron chi connectivity index (χ2n) is 9.68. The van der Waals surface area contributed by atoms with E-state index in [2.05, 4.69) is 46.4 Å². The maximum Gasteiger partial charge on any atom is 0.229 e. The Balaban J connectivity index is 1.37. The molecule has 3 heterocycles. The van der Waals surface area contributed by atoms with E-state index in [1.165, 1.54) is 45.3 Å². The summed E-state index contributed by atoms with van der Waals surface area (Å²) in [6.07, 6.45) is 8.22. The minimum Gasteiger partial charge on any atom is -0.355 e. The number of nitriles is 1. The van der Waals surface area contributed by atoms with E-state index < -0.39 is 0 Å². The number of hydrogen-bond donors (Lipinski definition) is 2. The molecule has 0 saturated carbocycles. The molecule has 0 aliphatic carbocycles. The number of rotatable bonds is 10. The van der Waals surface area contributed by atoms with Crippen LogP contribution >= 0.6 is 0 Å². The van der Waals surface area contributed by atoms with E-state index in [0.717, 1.165) is 49.6 Å². The molecule has 2 fully saturated rings. The van der Waals surface area contributed by atoms with Gasteiger partial charge in [-0.1, -0.05) is 32.8 Å². The van der Waals surface area contributed by atoms with Crippen molar-refractivity contribution in [3.05, 3.63) is 41.6 Å². The maximum atomic E-state index is 9.20. The quantitative estimate of drug-likeness (QED) is 0.540. The second-order valence-corrected chi connectivity index (χ2v) is 9.68. The first-order valence-electron chi connectivity index (χ1n) is 13.0. The molecule has 4 rings (SSSR count). The normalized spacial score (nSPS) is 19.3. The Labute approximate surface area is 204 Å². The molecule has 0 spiro atoms. The number of aryl methyl sites for hydroxylation is 1. The lowest BCUT2D eigenvalue weighted by atomic mass is 10.0. The molecule has 7 nitrogen and oxygen atoms in total. The average molecular weight is 462 g/mol. The number of benzene rings is 1. The van der Waals surface area contributed by atoms with Crippen LogP contribution in [0.1, 0.15) is 63.6 Å². The van der Waals surface area contributed by atoms with Crippen molar-refractivity contribution in [1.29, 1.82) is 5.26 Å². The van der Waals surface area contributed by atoms with Gasteiger partial charge < -0.3 is 20.4 Å². The molecule has 7 heteroatoms. The molecule has 0 radical (unpaired) electrons. The molecular weight excluding hydrogens is 422 g/mol. The van der Waals surface area contributed by atoms with Crippen molar-refractivity contribution in [3.63, 3.8) is 0 Å². The van der Waals surface area contributed by atoms with Crippen LogP contribution in [0.4, 0.5) is 17.5 Å². The molecule has 2 aliphatic rings. The molecular formula is C27H39N7. The zero-order valence-corrected chi connectivity index (χ0v) is 20.8. The highest BCUT2D eigenvalue weighted by atomic mass is 15.3. The van der Waals surface area contributed by atoms with Gasteiger partial charge in [0, 0.05) is 42.6 Å². The molecule has 1 atom stereocenters. The average Bonchev–Trinajstić information content (AvgIpc) is 3.32. The third-order valence-electron chi connectivity index (χ3n) is 6.92. The van der Waals surface area contributed by atoms with Gasteiger partial charge in [-0.3, -0.25) is 0 Å². The first-order chi connectivity index (χ1) is 16.7. The Morgan fingerprint density at radius 3 is 2.62 bits per heavy atom. The van der Waals surface area contributed by atoms with Crippen LogP contribution < -0.4 is 15.5 Å². The van der Waals surface area contributed by atoms with Crippen LogP contribution in [0, 0.1) is 11.3 Å². The standard InChI is InChI=1S/C27H39N7/c1-3-5-13-33-14-10-22(11-15-33)29-25-12-16-34(20-25)26-18-23(7-4-2)30-27(32-26)31-24-9-6-8-21(17-24)19-28/h6,8-9,17-18,22,25,29H,3-5,7,10-16,20H2,1-2H3,(H,30,31,32)/t25-/m0/s1. The predicted octanol–water partition coefficient (Wildman–Crippen LogP) is 4.48. The second kappa shape index (κ2) is 12.1. The van der Waals surface area contributed by atoms with E-state index in [1.54, 1.807) is 6.07 Å². The third kappa shape index (κ3) is 6.68. The monoisotopic (exact) mass is 461 g/mol. The number of aromatic nitrogens is 2. The van der Waals surface area contributed by atoms with Crippen LogP contribution in [-0.2, 0) is 6.42 Å². The lowest BCUT2D eigenvalue weighted by Crippen LogP contribution is -2.47. The topological polar surface area (TPSA) is 80.1 Å². The Morgan fingerprint density at radius 1 is 1.03 bits per heavy atom. The van der Waals surface area contributed by atoms with Crippen molar-refractivity contribution in [2.45, 2.75) is 70.9 Å². The summed E-state index contributed by atoms with van der Waals surface area (Å²) in [5.74, 6) is 1.60. The van der Waals surface area contributed by atoms with E-state index in [1.807, 2.05) is 18.2 Å². The van der Waals surface area contributed by atoms with Crippen molar-refractivity contribution >= 4 is 17.5 Å². The van der Waals surface area contributed by atoms with Crippen LogP contribution in [0.25, 0.3) is 0 Å². The Hall–Kier alpha value is -2.69. The van der Waals surface area contributed by atoms with Gasteiger partial charge in [0.05, 0.1) is 11.6 Å². The molecule has 0 amide bonds. The molecule has 2 aliphatic heterocycles. The number of nitrogens with one attached hydrogen (secondary N) is 2. The van der Waals surface area contributed by atoms with E-state index >= 15 is 0 Å². The largest absolute Gasteiger partial charge is 0.355 e. The molecule has 182 valence electrons. The van der Waals surface area contributed by atoms with Crippen LogP contribution in [0.3, 0.4) is 0 Å². The van der Waals surface area contributed by atoms with Crippen LogP contribution in [0.15, 0.2) is 30.3 Å². The first-order valence-corrected chi connectivity index (χ1v) is 13.0. The van der Waals surface area contributed by atoms with Crippen molar-refractivity contribution in [2.24, 2.45) is 0 Å². The van der Waals surface area contributed by atoms with Gasteiger partial charge in [0.1, 0.15) is 5.82 Å². The summed E-state index contributed by atoms with van der Waals surface area (Å²) in [5, 5.41) is 16.5. The predicted molar refractivity (Wildman–Crippen MR) is 139 cm³/mol. The number of nitrogens with zero attached hydrogens (tertiary/aromatic N) is 5. The fraction of sp³-hybridized carbons (Fsp3) is 0.593. The molecule has 2 aromatic rings. The van der Waals surface area contributed by atoms with E-state index in [4.69, 9.17) is 9.97 Å². The summed E-state index contributed by atoms with van der Waals surface area (Å²) in [5.41, 5.74) is 2.52. The lowest BCUT2D eigenvalue weighted by Gasteiger charge is -2.34. The SMILES string of the molecule is CCCCN1CCC(N[C@H]2CCN(c3cc(CCC)nc(Nc4cccc(C#N)c4)n3)C2)CC1. The number of hydrogen-bond acceptors (Lipinski definition) is 7. The number of likely N-dealkylation sites (tertiary alicyclic amines) is 1. The van der Waals surface area contributed by atoms with Gasteiger partial charge in [-0.25, -0.2) is 4.98 Å². The highest BCUT2D eigenvalue weighted by Crippen LogP contribution is 2.24. The highest BCUT2D eigenvalue weighted by Gasteiger charge is 2.28. The summed E-state index contributed by atoms with van der Waals surface area (Å²) >= 11 is 0. The molecule has 0 bridgehead atoms. The summed E-state index contributed by atoms with van der Waals surface area (Å²) in [7, 11) is 0. The maximum absolute atomic E-state index is 9.20. The van der Waals surface area contributed by atoms with Crippen molar-refractivity contribution in [1.82, 2.24) is 20.2 Å². The van der Waals surface area contributed by atoms with Gasteiger partial charge in [-0.15, -0.1) is 0 Å². The zero-order valence-electron chi connectivity index (χ0n) is 20.8. The molecule has 2 N–H and O–H groups in total. The van der Waals surface area contributed by atoms with Gasteiger partial charge in [0.25, 0.3) is 0 Å². The zero-order chi connectivity index (χ0) is 23.8. The Morgan fingerprint density at radius 2 is 1.85 bits per heavy atom. The fourth-order valence-corrected chi connectivity index (χ4v) is 5.02. The van der Waals surface area contributed by atoms with Crippen molar-refractivity contribution in [2.75, 3.05) is 42.9 Å². The summed E-state index contributed by atoms with van der Waals surface area (Å²) in [6.45, 7) is 10.2. The molecule has 0 unspecified atom stereocenters. The number of anilines is 3. The molecule has 1 aromatic heterocycles. The van der Waals surface area contributed by atoms with Crippen molar-refractivity contribution in [3.8, 4) is 6.07 Å². The van der Waals surface area contributed by atoms with E-state index in [9.17, 15) is 5.26 Å². The first kappa shape index (κ1) is 24.4. The molecule has 2 saturated heterocycles. The van der Waals surface area contributed by atoms with Crippen LogP contribution in [-0.4, -0.2) is 59.7 Å². The Bertz CT molecular complexity index is 962. The van der Waals surface area contributed by atoms with Crippen molar-refractivity contribution < 1.29 is 0 Å². The summed E-state index contributed by atoms with van der Waals surface area (Å²) < 4.78 is 0. The molecule has 34 heavy (non-hydrogen) atoms. The van der Waals surface area contributed by atoms with Gasteiger partial charge in [0.15, 0.2) is 0 Å². The van der Waals surface area contributed by atoms with E-state index in [-0.39, 0.29) is 0 Å². The fourth-order valence-electron chi connectivity index (χ4n) is 5.02. The number of unbranched alkanes of at least 4 members (excludes halogenated alkanes) is 1. The minimum absolute atomic E-state index is 0.514. The summed E-state index contributed by atoms with van der Waals surface area (Å²) in [6, 6.07) is 12.9. The third-order valence-corrected chi connectivity index (χ3v) is 6.92. The van der Waals surface area contributed by atoms with E-state index in [0.29, 0.717) is 23.6 Å². The molecule has 1 aromatic carbocycles. The van der Waals surface area contributed by atoms with Crippen LogP contribution in [0.2, 0.25) is 0 Å². The van der Waals surface area contributed by atoms with Gasteiger partial charge in [-0.2, -0.15) is 10.2 Å². The van der Waals surface area contributed by atoms with Crippen LogP contribution in [0.5, 0.6) is 0 Å². The summed E-state index contributed by atoms with van der Waals surface area (Å²) in [4.78, 5) is 14.6. The minimum atomic E-state index is 0.514. The highest BCUT2D eigenvalue weighted by molar-refractivity contribution is 5.58. The lowest BCUT2D eigenvalue weighted by molar-refractivity contribution is 0.190. The van der Waals surface area contributed by atoms with Gasteiger partial charge in [-0.05, 0) is 69.9 Å². The van der Waals surface area contributed by atoms with Gasteiger partial charge >= 0.3 is 0 Å². The van der Waals surface area contributed by atoms with Gasteiger partial charge in [0.2, 0.25) is 5.95 Å². The number of piperidine rings is 1. The smallest absolute Gasteiger partial charge is 0.229 e. The Kier molecular flexibility index (Phi) is 8.73.